The molecule has 0 aliphatic rings. The first-order valence-electron chi connectivity index (χ1n) is 8.34. The molecule has 1 N–H and O–H groups in total. The Kier molecular flexibility index (Phi) is 6.63. The van der Waals surface area contributed by atoms with Gasteiger partial charge in [-0.15, -0.1) is 11.8 Å². The molecule has 0 fully saturated rings. The number of carbonyl (C=O) groups excluding carboxylic acids is 1. The van der Waals surface area contributed by atoms with E-state index in [9.17, 15) is 4.79 Å². The summed E-state index contributed by atoms with van der Waals surface area (Å²) in [6.07, 6.45) is 3.40. The summed E-state index contributed by atoms with van der Waals surface area (Å²) < 4.78 is 0. The average molecular weight is 396 g/mol. The lowest BCUT2D eigenvalue weighted by atomic mass is 10.1. The number of pyridine rings is 1. The van der Waals surface area contributed by atoms with Crippen molar-refractivity contribution in [3.05, 3.63) is 94.8 Å². The molecule has 3 rings (SSSR count). The first kappa shape index (κ1) is 19.1. The van der Waals surface area contributed by atoms with Crippen LogP contribution in [0.5, 0.6) is 0 Å². The lowest BCUT2D eigenvalue weighted by molar-refractivity contribution is 0.0955. The largest absolute Gasteiger partial charge is 0.271 e. The lowest BCUT2D eigenvalue weighted by Gasteiger charge is -2.05. The second-order valence-corrected chi connectivity index (χ2v) is 7.30. The van der Waals surface area contributed by atoms with Gasteiger partial charge in [0.1, 0.15) is 0 Å². The zero-order valence-corrected chi connectivity index (χ0v) is 16.3. The topological polar surface area (TPSA) is 54.4 Å². The summed E-state index contributed by atoms with van der Waals surface area (Å²) in [5.74, 6) is 0.581. The fourth-order valence-electron chi connectivity index (χ4n) is 2.29. The third-order valence-electron chi connectivity index (χ3n) is 3.84. The number of benzene rings is 2. The molecule has 0 radical (unpaired) electrons. The lowest BCUT2D eigenvalue weighted by Crippen LogP contribution is -2.19. The fourth-order valence-corrected chi connectivity index (χ4v) is 3.27. The number of carbonyl (C=O) groups is 1. The number of halogens is 1. The van der Waals surface area contributed by atoms with Crippen molar-refractivity contribution in [2.75, 3.05) is 0 Å². The Morgan fingerprint density at radius 1 is 1.07 bits per heavy atom. The van der Waals surface area contributed by atoms with E-state index in [2.05, 4.69) is 15.5 Å². The summed E-state index contributed by atoms with van der Waals surface area (Å²) in [5.41, 5.74) is 5.86. The van der Waals surface area contributed by atoms with Gasteiger partial charge in [-0.05, 0) is 55.0 Å². The minimum absolute atomic E-state index is 0.241. The van der Waals surface area contributed by atoms with Crippen LogP contribution < -0.4 is 5.43 Å². The minimum atomic E-state index is -0.241. The van der Waals surface area contributed by atoms with Gasteiger partial charge in [0, 0.05) is 39.2 Å². The summed E-state index contributed by atoms with van der Waals surface area (Å²) in [6, 6.07) is 19.0. The van der Waals surface area contributed by atoms with E-state index < -0.39 is 0 Å². The molecule has 1 amide bonds. The normalized spacial score (nSPS) is 11.3. The molecule has 0 bridgehead atoms. The summed E-state index contributed by atoms with van der Waals surface area (Å²) in [6.45, 7) is 1.83. The van der Waals surface area contributed by atoms with Gasteiger partial charge in [0.05, 0.1) is 5.71 Å². The van der Waals surface area contributed by atoms with Gasteiger partial charge in [-0.3, -0.25) is 9.78 Å². The predicted octanol–water partition coefficient (Wildman–Crippen LogP) is 5.18. The molecule has 27 heavy (non-hydrogen) atoms. The molecule has 3 aromatic rings. The van der Waals surface area contributed by atoms with Crippen molar-refractivity contribution in [3.63, 3.8) is 0 Å². The van der Waals surface area contributed by atoms with E-state index in [1.54, 1.807) is 24.2 Å². The van der Waals surface area contributed by atoms with Crippen LogP contribution in [-0.2, 0) is 5.75 Å². The van der Waals surface area contributed by atoms with Crippen molar-refractivity contribution in [3.8, 4) is 0 Å². The van der Waals surface area contributed by atoms with Crippen molar-refractivity contribution in [2.24, 2.45) is 5.10 Å². The van der Waals surface area contributed by atoms with Crippen LogP contribution in [0, 0.1) is 0 Å². The molecule has 136 valence electrons. The number of nitrogens with zero attached hydrogens (tertiary/aromatic N) is 2. The highest BCUT2D eigenvalue weighted by Gasteiger charge is 2.05. The van der Waals surface area contributed by atoms with E-state index >= 15 is 0 Å². The molecular weight excluding hydrogens is 378 g/mol. The van der Waals surface area contributed by atoms with Crippen molar-refractivity contribution >= 4 is 35.0 Å². The molecule has 0 spiro atoms. The van der Waals surface area contributed by atoms with Crippen LogP contribution >= 0.6 is 23.4 Å². The second-order valence-electron chi connectivity index (χ2n) is 5.82. The summed E-state index contributed by atoms with van der Waals surface area (Å²) in [5, 5.41) is 4.87. The Labute approximate surface area is 167 Å². The highest BCUT2D eigenvalue weighted by molar-refractivity contribution is 7.98. The molecule has 0 aliphatic carbocycles. The zero-order valence-electron chi connectivity index (χ0n) is 14.7. The number of hydrogen-bond acceptors (Lipinski definition) is 4. The highest BCUT2D eigenvalue weighted by Crippen LogP contribution is 2.24. The Bertz CT molecular complexity index is 926. The molecule has 6 heteroatoms. The van der Waals surface area contributed by atoms with Crippen LogP contribution in [0.3, 0.4) is 0 Å². The van der Waals surface area contributed by atoms with Crippen molar-refractivity contribution < 1.29 is 4.79 Å². The van der Waals surface area contributed by atoms with Gasteiger partial charge < -0.3 is 0 Å². The van der Waals surface area contributed by atoms with Gasteiger partial charge in [-0.25, -0.2) is 5.43 Å². The van der Waals surface area contributed by atoms with Crippen molar-refractivity contribution in [2.45, 2.75) is 17.6 Å². The van der Waals surface area contributed by atoms with Gasteiger partial charge in [-0.1, -0.05) is 29.8 Å². The van der Waals surface area contributed by atoms with Crippen LogP contribution in [0.1, 0.15) is 28.4 Å². The number of aromatic nitrogens is 1. The van der Waals surface area contributed by atoms with Gasteiger partial charge >= 0.3 is 0 Å². The highest BCUT2D eigenvalue weighted by atomic mass is 35.5. The van der Waals surface area contributed by atoms with Crippen molar-refractivity contribution in [1.82, 2.24) is 10.4 Å². The van der Waals surface area contributed by atoms with Crippen LogP contribution in [-0.4, -0.2) is 16.6 Å². The molecule has 0 unspecified atom stereocenters. The van der Waals surface area contributed by atoms with E-state index in [1.165, 1.54) is 0 Å². The second kappa shape index (κ2) is 9.35. The third-order valence-corrected chi connectivity index (χ3v) is 5.17. The van der Waals surface area contributed by atoms with Crippen molar-refractivity contribution in [1.29, 1.82) is 0 Å². The SMILES string of the molecule is CC(=NNC(=O)c1ccc(CSc2ccc(Cl)cc2)cc1)c1cccnc1. The van der Waals surface area contributed by atoms with E-state index in [4.69, 9.17) is 11.6 Å². The van der Waals surface area contributed by atoms with Crippen LogP contribution in [0.2, 0.25) is 5.02 Å². The Morgan fingerprint density at radius 3 is 2.48 bits per heavy atom. The number of rotatable bonds is 6. The smallest absolute Gasteiger partial charge is 0.267 e. The first-order valence-corrected chi connectivity index (χ1v) is 9.70. The Balaban J connectivity index is 1.56. The summed E-state index contributed by atoms with van der Waals surface area (Å²) >= 11 is 7.62. The summed E-state index contributed by atoms with van der Waals surface area (Å²) in [7, 11) is 0. The maximum absolute atomic E-state index is 12.3. The molecular formula is C21H18ClN3OS. The monoisotopic (exact) mass is 395 g/mol. The molecule has 0 saturated carbocycles. The minimum Gasteiger partial charge on any atom is -0.267 e. The molecule has 4 nitrogen and oxygen atoms in total. The van der Waals surface area contributed by atoms with Gasteiger partial charge in [0.15, 0.2) is 0 Å². The van der Waals surface area contributed by atoms with E-state index in [-0.39, 0.29) is 5.91 Å². The van der Waals surface area contributed by atoms with E-state index in [1.807, 2.05) is 67.6 Å². The van der Waals surface area contributed by atoms with E-state index in [0.717, 1.165) is 26.8 Å². The molecule has 0 aliphatic heterocycles. The van der Waals surface area contributed by atoms with Crippen LogP contribution in [0.4, 0.5) is 0 Å². The van der Waals surface area contributed by atoms with Gasteiger partial charge in [0.25, 0.3) is 5.91 Å². The maximum atomic E-state index is 12.3. The molecule has 0 atom stereocenters. The quantitative estimate of drug-likeness (QED) is 0.355. The van der Waals surface area contributed by atoms with Gasteiger partial charge in [0.2, 0.25) is 0 Å². The predicted molar refractivity (Wildman–Crippen MR) is 111 cm³/mol. The molecule has 1 heterocycles. The fraction of sp³-hybridized carbons (Fsp3) is 0.0952. The zero-order chi connectivity index (χ0) is 19.1. The standard InChI is InChI=1S/C21H18ClN3OS/c1-15(18-3-2-12-23-13-18)24-25-21(26)17-6-4-16(5-7-17)14-27-20-10-8-19(22)9-11-20/h2-13H,14H2,1H3,(H,25,26). The molecule has 1 aromatic heterocycles. The number of nitrogens with one attached hydrogen (secondary N) is 1. The Hall–Kier alpha value is -2.63. The molecule has 2 aromatic carbocycles. The van der Waals surface area contributed by atoms with Crippen LogP contribution in [0.25, 0.3) is 0 Å². The van der Waals surface area contributed by atoms with Gasteiger partial charge in [-0.2, -0.15) is 5.10 Å². The number of hydrazone groups is 1. The maximum Gasteiger partial charge on any atom is 0.271 e. The first-order chi connectivity index (χ1) is 13.1. The van der Waals surface area contributed by atoms with Crippen LogP contribution in [0.15, 0.2) is 83.1 Å². The molecule has 0 saturated heterocycles. The number of thioether (sulfide) groups is 1. The van der Waals surface area contributed by atoms with E-state index in [0.29, 0.717) is 11.3 Å². The summed E-state index contributed by atoms with van der Waals surface area (Å²) in [4.78, 5) is 17.4. The Morgan fingerprint density at radius 2 is 1.81 bits per heavy atom. The third kappa shape index (κ3) is 5.67. The number of hydrogen-bond donors (Lipinski definition) is 1. The average Bonchev–Trinajstić information content (AvgIpc) is 2.72. The number of amides is 1.